The topological polar surface area (TPSA) is 20.2 Å². The van der Waals surface area contributed by atoms with Gasteiger partial charge >= 0.3 is 0 Å². The molecule has 0 bridgehead atoms. The lowest BCUT2D eigenvalue weighted by Crippen LogP contribution is -1.93. The van der Waals surface area contributed by atoms with Crippen molar-refractivity contribution in [2.75, 3.05) is 0 Å². The van der Waals surface area contributed by atoms with Crippen molar-refractivity contribution in [2.45, 2.75) is 6.43 Å². The van der Waals surface area contributed by atoms with Crippen LogP contribution in [0.5, 0.6) is 5.75 Å². The van der Waals surface area contributed by atoms with Gasteiger partial charge in [-0.1, -0.05) is 30.3 Å². The minimum atomic E-state index is -2.85. The maximum atomic E-state index is 13.8. The summed E-state index contributed by atoms with van der Waals surface area (Å²) in [6.45, 7) is 0. The van der Waals surface area contributed by atoms with Gasteiger partial charge in [-0.05, 0) is 17.7 Å². The minimum Gasteiger partial charge on any atom is -0.508 e. The second-order valence-corrected chi connectivity index (χ2v) is 3.56. The monoisotopic (exact) mass is 238 g/mol. The zero-order chi connectivity index (χ0) is 12.4. The summed E-state index contributed by atoms with van der Waals surface area (Å²) in [7, 11) is 0. The molecular formula is C13H9F3O. The van der Waals surface area contributed by atoms with Crippen LogP contribution in [-0.4, -0.2) is 5.11 Å². The lowest BCUT2D eigenvalue weighted by atomic mass is 10.0. The van der Waals surface area contributed by atoms with Crippen molar-refractivity contribution in [3.63, 3.8) is 0 Å². The Hall–Kier alpha value is -1.97. The SMILES string of the molecule is Oc1cccc(-c2cccc(C(F)F)c2F)c1. The first-order valence-corrected chi connectivity index (χ1v) is 4.95. The molecule has 0 aliphatic rings. The van der Waals surface area contributed by atoms with Crippen LogP contribution in [0.2, 0.25) is 0 Å². The molecular weight excluding hydrogens is 229 g/mol. The van der Waals surface area contributed by atoms with Crippen molar-refractivity contribution in [3.8, 4) is 16.9 Å². The highest BCUT2D eigenvalue weighted by molar-refractivity contribution is 5.66. The third kappa shape index (κ3) is 2.25. The summed E-state index contributed by atoms with van der Waals surface area (Å²) < 4.78 is 38.8. The van der Waals surface area contributed by atoms with E-state index in [-0.39, 0.29) is 11.3 Å². The van der Waals surface area contributed by atoms with Crippen LogP contribution in [0.1, 0.15) is 12.0 Å². The maximum Gasteiger partial charge on any atom is 0.266 e. The number of phenolic OH excluding ortho intramolecular Hbond substituents is 1. The lowest BCUT2D eigenvalue weighted by molar-refractivity contribution is 0.146. The summed E-state index contributed by atoms with van der Waals surface area (Å²) >= 11 is 0. The molecule has 17 heavy (non-hydrogen) atoms. The van der Waals surface area contributed by atoms with Gasteiger partial charge in [-0.3, -0.25) is 0 Å². The molecule has 0 amide bonds. The second-order valence-electron chi connectivity index (χ2n) is 3.56. The quantitative estimate of drug-likeness (QED) is 0.833. The standard InChI is InChI=1S/C13H9F3O/c14-12-10(5-2-6-11(12)13(15)16)8-3-1-4-9(17)7-8/h1-7,13,17H. The van der Waals surface area contributed by atoms with Crippen molar-refractivity contribution in [2.24, 2.45) is 0 Å². The van der Waals surface area contributed by atoms with Crippen molar-refractivity contribution in [1.82, 2.24) is 0 Å². The number of hydrogen-bond acceptors (Lipinski definition) is 1. The van der Waals surface area contributed by atoms with Crippen molar-refractivity contribution < 1.29 is 18.3 Å². The first-order chi connectivity index (χ1) is 8.09. The predicted octanol–water partition coefficient (Wildman–Crippen LogP) is 4.14. The van der Waals surface area contributed by atoms with E-state index in [2.05, 4.69) is 0 Å². The fourth-order valence-corrected chi connectivity index (χ4v) is 1.61. The van der Waals surface area contributed by atoms with Gasteiger partial charge in [-0.15, -0.1) is 0 Å². The van der Waals surface area contributed by atoms with E-state index in [0.29, 0.717) is 5.56 Å². The molecule has 0 aromatic heterocycles. The smallest absolute Gasteiger partial charge is 0.266 e. The molecule has 0 saturated heterocycles. The van der Waals surface area contributed by atoms with Crippen LogP contribution in [0, 0.1) is 5.82 Å². The molecule has 0 fully saturated rings. The van der Waals surface area contributed by atoms with Crippen molar-refractivity contribution >= 4 is 0 Å². The Balaban J connectivity index is 2.57. The molecule has 2 aromatic rings. The number of rotatable bonds is 2. The lowest BCUT2D eigenvalue weighted by Gasteiger charge is -2.08. The van der Waals surface area contributed by atoms with Gasteiger partial charge in [0, 0.05) is 5.56 Å². The van der Waals surface area contributed by atoms with E-state index in [1.165, 1.54) is 30.3 Å². The van der Waals surface area contributed by atoms with Crippen LogP contribution >= 0.6 is 0 Å². The molecule has 1 N–H and O–H groups in total. The van der Waals surface area contributed by atoms with Crippen molar-refractivity contribution in [1.29, 1.82) is 0 Å². The summed E-state index contributed by atoms with van der Waals surface area (Å²) in [6, 6.07) is 9.64. The zero-order valence-corrected chi connectivity index (χ0v) is 8.70. The van der Waals surface area contributed by atoms with Crippen LogP contribution in [0.4, 0.5) is 13.2 Å². The van der Waals surface area contributed by atoms with Crippen molar-refractivity contribution in [3.05, 3.63) is 53.8 Å². The van der Waals surface area contributed by atoms with Crippen LogP contribution in [0.15, 0.2) is 42.5 Å². The largest absolute Gasteiger partial charge is 0.508 e. The van der Waals surface area contributed by atoms with Gasteiger partial charge in [0.15, 0.2) is 0 Å². The number of benzene rings is 2. The molecule has 0 unspecified atom stereocenters. The first-order valence-electron chi connectivity index (χ1n) is 4.95. The van der Waals surface area contributed by atoms with E-state index < -0.39 is 17.8 Å². The van der Waals surface area contributed by atoms with Gasteiger partial charge in [-0.2, -0.15) is 0 Å². The van der Waals surface area contributed by atoms with E-state index in [1.54, 1.807) is 6.07 Å². The third-order valence-corrected chi connectivity index (χ3v) is 2.42. The van der Waals surface area contributed by atoms with Gasteiger partial charge in [0.05, 0.1) is 5.56 Å². The van der Waals surface area contributed by atoms with Gasteiger partial charge in [0.25, 0.3) is 6.43 Å². The van der Waals surface area contributed by atoms with Crippen LogP contribution in [0.25, 0.3) is 11.1 Å². The Kier molecular flexibility index (Phi) is 3.04. The average Bonchev–Trinajstić information content (AvgIpc) is 2.29. The molecule has 88 valence electrons. The van der Waals surface area contributed by atoms with Crippen LogP contribution in [0.3, 0.4) is 0 Å². The Morgan fingerprint density at radius 3 is 2.35 bits per heavy atom. The Morgan fingerprint density at radius 2 is 1.71 bits per heavy atom. The van der Waals surface area contributed by atoms with Gasteiger partial charge in [-0.25, -0.2) is 13.2 Å². The minimum absolute atomic E-state index is 0.0376. The van der Waals surface area contributed by atoms with E-state index in [1.807, 2.05) is 0 Å². The molecule has 0 aliphatic heterocycles. The van der Waals surface area contributed by atoms with Gasteiger partial charge < -0.3 is 5.11 Å². The molecule has 4 heteroatoms. The normalized spacial score (nSPS) is 10.8. The van der Waals surface area contributed by atoms with E-state index in [0.717, 1.165) is 6.07 Å². The molecule has 0 saturated carbocycles. The highest BCUT2D eigenvalue weighted by atomic mass is 19.3. The third-order valence-electron chi connectivity index (χ3n) is 2.42. The molecule has 1 nitrogen and oxygen atoms in total. The average molecular weight is 238 g/mol. The molecule has 0 spiro atoms. The van der Waals surface area contributed by atoms with Gasteiger partial charge in [0.2, 0.25) is 0 Å². The molecule has 0 heterocycles. The molecule has 0 radical (unpaired) electrons. The second kappa shape index (κ2) is 4.49. The first kappa shape index (κ1) is 11.5. The Labute approximate surface area is 96.1 Å². The van der Waals surface area contributed by atoms with Gasteiger partial charge in [0.1, 0.15) is 11.6 Å². The van der Waals surface area contributed by atoms with E-state index >= 15 is 0 Å². The zero-order valence-electron chi connectivity index (χ0n) is 8.70. The Bertz CT molecular complexity index is 538. The van der Waals surface area contributed by atoms with E-state index in [4.69, 9.17) is 0 Å². The summed E-state index contributed by atoms with van der Waals surface area (Å²) in [4.78, 5) is 0. The molecule has 0 aliphatic carbocycles. The maximum absolute atomic E-state index is 13.8. The number of hydrogen-bond donors (Lipinski definition) is 1. The molecule has 2 aromatic carbocycles. The fourth-order valence-electron chi connectivity index (χ4n) is 1.61. The fraction of sp³-hybridized carbons (Fsp3) is 0.0769. The Morgan fingerprint density at radius 1 is 1.00 bits per heavy atom. The number of halogens is 3. The summed E-state index contributed by atoms with van der Waals surface area (Å²) in [6.07, 6.45) is -2.85. The number of alkyl halides is 2. The summed E-state index contributed by atoms with van der Waals surface area (Å²) in [5.74, 6) is -0.988. The molecule has 0 atom stereocenters. The predicted molar refractivity (Wildman–Crippen MR) is 58.5 cm³/mol. The summed E-state index contributed by atoms with van der Waals surface area (Å²) in [5.41, 5.74) is -0.213. The van der Waals surface area contributed by atoms with Crippen LogP contribution in [-0.2, 0) is 0 Å². The number of phenols is 1. The highest BCUT2D eigenvalue weighted by Gasteiger charge is 2.16. The number of aromatic hydroxyl groups is 1. The molecule has 2 rings (SSSR count). The van der Waals surface area contributed by atoms with E-state index in [9.17, 15) is 18.3 Å². The summed E-state index contributed by atoms with van der Waals surface area (Å²) in [5, 5.41) is 9.27. The van der Waals surface area contributed by atoms with Crippen LogP contribution < -0.4 is 0 Å². The highest BCUT2D eigenvalue weighted by Crippen LogP contribution is 2.31.